The second kappa shape index (κ2) is 9.97. The minimum atomic E-state index is -0.279. The molecule has 5 heteroatoms. The Morgan fingerprint density at radius 3 is 2.07 bits per heavy atom. The standard InChI is InChI=1S/C22H21O5/c1-25-20-6-4-5-16(13-20)7-10-18(23)15-19(24)11-8-17-9-12-21(26-2)22(14-17)27-3/h4-5,7-14H,15H2,1-3H3/b10-7+,11-8+. The predicted molar refractivity (Wildman–Crippen MR) is 104 cm³/mol. The van der Waals surface area contributed by atoms with Gasteiger partial charge in [-0.2, -0.15) is 0 Å². The number of benzene rings is 2. The number of rotatable bonds is 9. The Morgan fingerprint density at radius 1 is 0.852 bits per heavy atom. The highest BCUT2D eigenvalue weighted by Gasteiger charge is 2.05. The Balaban J connectivity index is 1.95. The molecule has 0 unspecified atom stereocenters. The van der Waals surface area contributed by atoms with Crippen LogP contribution in [0, 0.1) is 6.07 Å². The lowest BCUT2D eigenvalue weighted by atomic mass is 10.1. The van der Waals surface area contributed by atoms with Crippen LogP contribution >= 0.6 is 0 Å². The summed E-state index contributed by atoms with van der Waals surface area (Å²) < 4.78 is 15.5. The summed E-state index contributed by atoms with van der Waals surface area (Å²) in [6, 6.07) is 13.5. The topological polar surface area (TPSA) is 61.8 Å². The van der Waals surface area contributed by atoms with Crippen LogP contribution < -0.4 is 14.2 Å². The van der Waals surface area contributed by atoms with Crippen molar-refractivity contribution in [3.8, 4) is 17.2 Å². The van der Waals surface area contributed by atoms with Gasteiger partial charge in [-0.1, -0.05) is 24.3 Å². The zero-order valence-electron chi connectivity index (χ0n) is 15.5. The van der Waals surface area contributed by atoms with Crippen molar-refractivity contribution in [2.45, 2.75) is 6.42 Å². The number of carbonyl (C=O) groups is 2. The van der Waals surface area contributed by atoms with E-state index in [9.17, 15) is 9.59 Å². The van der Waals surface area contributed by atoms with Gasteiger partial charge in [0, 0.05) is 6.07 Å². The fourth-order valence-electron chi connectivity index (χ4n) is 2.31. The van der Waals surface area contributed by atoms with Crippen LogP contribution in [0.2, 0.25) is 0 Å². The van der Waals surface area contributed by atoms with E-state index in [0.29, 0.717) is 17.2 Å². The highest BCUT2D eigenvalue weighted by atomic mass is 16.5. The molecule has 0 spiro atoms. The molecule has 0 heterocycles. The molecule has 5 nitrogen and oxygen atoms in total. The fraction of sp³-hybridized carbons (Fsp3) is 0.182. The van der Waals surface area contributed by atoms with Gasteiger partial charge >= 0.3 is 0 Å². The van der Waals surface area contributed by atoms with E-state index in [4.69, 9.17) is 14.2 Å². The van der Waals surface area contributed by atoms with Crippen molar-refractivity contribution in [1.29, 1.82) is 0 Å². The zero-order chi connectivity index (χ0) is 19.6. The van der Waals surface area contributed by atoms with Gasteiger partial charge in [-0.3, -0.25) is 9.59 Å². The van der Waals surface area contributed by atoms with Gasteiger partial charge in [0.2, 0.25) is 0 Å². The maximum Gasteiger partial charge on any atom is 0.163 e. The molecule has 0 aliphatic carbocycles. The van der Waals surface area contributed by atoms with E-state index in [-0.39, 0.29) is 18.0 Å². The number of ketones is 2. The quantitative estimate of drug-likeness (QED) is 0.500. The molecule has 0 fully saturated rings. The lowest BCUT2D eigenvalue weighted by Crippen LogP contribution is -2.01. The second-order valence-corrected chi connectivity index (χ2v) is 5.58. The molecular formula is C22H21O5. The predicted octanol–water partition coefficient (Wildman–Crippen LogP) is 3.77. The molecule has 0 aliphatic rings. The van der Waals surface area contributed by atoms with Crippen LogP contribution in [-0.4, -0.2) is 32.9 Å². The van der Waals surface area contributed by atoms with Crippen molar-refractivity contribution in [2.24, 2.45) is 0 Å². The molecule has 139 valence electrons. The van der Waals surface area contributed by atoms with Gasteiger partial charge < -0.3 is 14.2 Å². The number of allylic oxidation sites excluding steroid dienone is 2. The first-order valence-electron chi connectivity index (χ1n) is 8.25. The van der Waals surface area contributed by atoms with Gasteiger partial charge in [0.25, 0.3) is 0 Å². The first-order valence-corrected chi connectivity index (χ1v) is 8.25. The normalized spacial score (nSPS) is 10.9. The van der Waals surface area contributed by atoms with Gasteiger partial charge in [-0.05, 0) is 47.5 Å². The van der Waals surface area contributed by atoms with E-state index in [1.54, 1.807) is 69.9 Å². The average Bonchev–Trinajstić information content (AvgIpc) is 2.70. The lowest BCUT2D eigenvalue weighted by Gasteiger charge is -2.07. The summed E-state index contributed by atoms with van der Waals surface area (Å²) in [5.74, 6) is 1.21. The average molecular weight is 365 g/mol. The highest BCUT2D eigenvalue weighted by molar-refractivity contribution is 6.10. The summed E-state index contributed by atoms with van der Waals surface area (Å²) in [5, 5.41) is 0. The van der Waals surface area contributed by atoms with E-state index >= 15 is 0 Å². The van der Waals surface area contributed by atoms with Crippen LogP contribution in [-0.2, 0) is 9.59 Å². The summed E-state index contributed by atoms with van der Waals surface area (Å²) in [6.45, 7) is 0. The monoisotopic (exact) mass is 365 g/mol. The van der Waals surface area contributed by atoms with Gasteiger partial charge in [0.15, 0.2) is 23.1 Å². The van der Waals surface area contributed by atoms with Crippen molar-refractivity contribution in [3.63, 3.8) is 0 Å². The van der Waals surface area contributed by atoms with Gasteiger partial charge in [-0.15, -0.1) is 0 Å². The summed E-state index contributed by atoms with van der Waals surface area (Å²) >= 11 is 0. The van der Waals surface area contributed by atoms with E-state index in [1.165, 1.54) is 12.2 Å². The Morgan fingerprint density at radius 2 is 1.48 bits per heavy atom. The highest BCUT2D eigenvalue weighted by Crippen LogP contribution is 2.27. The minimum Gasteiger partial charge on any atom is -0.496 e. The van der Waals surface area contributed by atoms with Crippen molar-refractivity contribution >= 4 is 23.7 Å². The van der Waals surface area contributed by atoms with Crippen LogP contribution in [0.25, 0.3) is 12.2 Å². The van der Waals surface area contributed by atoms with Gasteiger partial charge in [0.1, 0.15) is 5.75 Å². The molecule has 0 aliphatic heterocycles. The third-order valence-corrected chi connectivity index (χ3v) is 3.70. The molecule has 0 saturated heterocycles. The molecule has 2 rings (SSSR count). The Labute approximate surface area is 158 Å². The van der Waals surface area contributed by atoms with Crippen molar-refractivity contribution in [3.05, 3.63) is 65.7 Å². The van der Waals surface area contributed by atoms with Crippen molar-refractivity contribution in [2.75, 3.05) is 21.3 Å². The fourth-order valence-corrected chi connectivity index (χ4v) is 2.31. The van der Waals surface area contributed by atoms with Crippen molar-refractivity contribution < 1.29 is 23.8 Å². The number of carbonyl (C=O) groups excluding carboxylic acids is 2. The lowest BCUT2D eigenvalue weighted by molar-refractivity contribution is -0.121. The molecule has 27 heavy (non-hydrogen) atoms. The Hall–Kier alpha value is -3.34. The summed E-state index contributed by atoms with van der Waals surface area (Å²) in [4.78, 5) is 24.0. The zero-order valence-corrected chi connectivity index (χ0v) is 15.5. The number of methoxy groups -OCH3 is 3. The maximum absolute atomic E-state index is 12.0. The minimum absolute atomic E-state index is 0.198. The molecule has 0 N–H and O–H groups in total. The van der Waals surface area contributed by atoms with Crippen LogP contribution in [0.4, 0.5) is 0 Å². The van der Waals surface area contributed by atoms with Gasteiger partial charge in [0.05, 0.1) is 27.8 Å². The number of hydrogen-bond donors (Lipinski definition) is 0. The Kier molecular flexibility index (Phi) is 7.37. The SMILES string of the molecule is COc1[c]ccc(/C=C/C(=O)CC(=O)/C=C/c2ccc(OC)c(OC)c2)c1. The van der Waals surface area contributed by atoms with E-state index < -0.39 is 0 Å². The smallest absolute Gasteiger partial charge is 0.163 e. The molecule has 0 bridgehead atoms. The molecule has 2 aromatic carbocycles. The van der Waals surface area contributed by atoms with Crippen LogP contribution in [0.5, 0.6) is 17.2 Å². The first-order chi connectivity index (χ1) is 13.0. The second-order valence-electron chi connectivity index (χ2n) is 5.58. The van der Waals surface area contributed by atoms with E-state index in [2.05, 4.69) is 6.07 Å². The first kappa shape index (κ1) is 20.0. The molecule has 0 atom stereocenters. The molecular weight excluding hydrogens is 344 g/mol. The van der Waals surface area contributed by atoms with Crippen molar-refractivity contribution in [1.82, 2.24) is 0 Å². The van der Waals surface area contributed by atoms with Crippen LogP contribution in [0.1, 0.15) is 17.5 Å². The molecule has 1 radical (unpaired) electrons. The third-order valence-electron chi connectivity index (χ3n) is 3.70. The van der Waals surface area contributed by atoms with Crippen LogP contribution in [0.15, 0.2) is 48.6 Å². The van der Waals surface area contributed by atoms with Crippen LogP contribution in [0.3, 0.4) is 0 Å². The summed E-state index contributed by atoms with van der Waals surface area (Å²) in [5.41, 5.74) is 1.57. The van der Waals surface area contributed by atoms with E-state index in [1.807, 2.05) is 0 Å². The molecule has 0 aromatic heterocycles. The molecule has 0 saturated carbocycles. The number of hydrogen-bond acceptors (Lipinski definition) is 5. The molecule has 2 aromatic rings. The summed E-state index contributed by atoms with van der Waals surface area (Å²) in [6.07, 6.45) is 5.85. The third kappa shape index (κ3) is 6.15. The van der Waals surface area contributed by atoms with Gasteiger partial charge in [-0.25, -0.2) is 0 Å². The van der Waals surface area contributed by atoms with E-state index in [0.717, 1.165) is 11.1 Å². The maximum atomic E-state index is 12.0. The molecule has 0 amide bonds. The Bertz CT molecular complexity index is 865. The summed E-state index contributed by atoms with van der Waals surface area (Å²) in [7, 11) is 4.65. The number of ether oxygens (including phenoxy) is 3. The largest absolute Gasteiger partial charge is 0.496 e.